The number of nitrogens with two attached hydrogens (primary N) is 1. The molecule has 1 aliphatic carbocycles. The molecule has 1 aromatic carbocycles. The third-order valence-corrected chi connectivity index (χ3v) is 3.98. The molecule has 0 saturated heterocycles. The van der Waals surface area contributed by atoms with Gasteiger partial charge in [-0.15, -0.1) is 0 Å². The van der Waals surface area contributed by atoms with Crippen molar-refractivity contribution in [3.8, 4) is 0 Å². The number of carbonyl (C=O) groups excluding carboxylic acids is 1. The van der Waals surface area contributed by atoms with Crippen molar-refractivity contribution in [2.24, 2.45) is 5.73 Å². The summed E-state index contributed by atoms with van der Waals surface area (Å²) < 4.78 is 13.7. The van der Waals surface area contributed by atoms with Gasteiger partial charge in [0, 0.05) is 17.5 Å². The van der Waals surface area contributed by atoms with E-state index in [1.807, 2.05) is 0 Å². The molecule has 3 heteroatoms. The minimum atomic E-state index is -0.245. The Hall–Kier alpha value is -1.22. The Morgan fingerprint density at radius 3 is 2.59 bits per heavy atom. The third-order valence-electron chi connectivity index (χ3n) is 3.98. The molecule has 1 fully saturated rings. The van der Waals surface area contributed by atoms with E-state index in [1.54, 1.807) is 13.0 Å². The fourth-order valence-corrected chi connectivity index (χ4v) is 2.90. The summed E-state index contributed by atoms with van der Waals surface area (Å²) >= 11 is 0. The molecule has 1 saturated carbocycles. The zero-order valence-electron chi connectivity index (χ0n) is 10.1. The van der Waals surface area contributed by atoms with Crippen molar-refractivity contribution in [1.29, 1.82) is 0 Å². The predicted octanol–water partition coefficient (Wildman–Crippen LogP) is 2.72. The van der Waals surface area contributed by atoms with Gasteiger partial charge in [0.1, 0.15) is 12.1 Å². The van der Waals surface area contributed by atoms with Crippen LogP contribution in [0.15, 0.2) is 12.1 Å². The highest BCUT2D eigenvalue weighted by Gasteiger charge is 2.36. The molecule has 0 aromatic heterocycles. The fourth-order valence-electron chi connectivity index (χ4n) is 2.90. The summed E-state index contributed by atoms with van der Waals surface area (Å²) in [5.41, 5.74) is 7.59. The summed E-state index contributed by atoms with van der Waals surface area (Å²) in [6.45, 7) is 2.16. The number of aryl methyl sites for hydroxylation is 1. The van der Waals surface area contributed by atoms with Crippen molar-refractivity contribution >= 4 is 6.29 Å². The smallest absolute Gasteiger partial charge is 0.150 e. The van der Waals surface area contributed by atoms with Crippen LogP contribution >= 0.6 is 0 Å². The summed E-state index contributed by atoms with van der Waals surface area (Å²) in [5.74, 6) is -0.245. The summed E-state index contributed by atoms with van der Waals surface area (Å²) in [6, 6.07) is 3.14. The zero-order valence-corrected chi connectivity index (χ0v) is 10.1. The predicted molar refractivity (Wildman–Crippen MR) is 65.7 cm³/mol. The van der Waals surface area contributed by atoms with Crippen molar-refractivity contribution in [2.45, 2.75) is 38.0 Å². The van der Waals surface area contributed by atoms with Gasteiger partial charge in [-0.25, -0.2) is 4.39 Å². The molecule has 2 N–H and O–H groups in total. The van der Waals surface area contributed by atoms with Crippen LogP contribution in [0.25, 0.3) is 0 Å². The molecule has 0 bridgehead atoms. The van der Waals surface area contributed by atoms with Crippen molar-refractivity contribution in [3.05, 3.63) is 34.6 Å². The first-order chi connectivity index (χ1) is 8.13. The molecule has 17 heavy (non-hydrogen) atoms. The molecule has 2 nitrogen and oxygen atoms in total. The lowest BCUT2D eigenvalue weighted by Crippen LogP contribution is -2.33. The van der Waals surface area contributed by atoms with E-state index in [4.69, 9.17) is 5.73 Å². The Morgan fingerprint density at radius 2 is 2.06 bits per heavy atom. The molecular weight excluding hydrogens is 217 g/mol. The van der Waals surface area contributed by atoms with Gasteiger partial charge < -0.3 is 5.73 Å². The number of benzene rings is 1. The van der Waals surface area contributed by atoms with Crippen molar-refractivity contribution < 1.29 is 9.18 Å². The van der Waals surface area contributed by atoms with E-state index >= 15 is 0 Å². The van der Waals surface area contributed by atoms with Gasteiger partial charge in [-0.3, -0.25) is 4.79 Å². The van der Waals surface area contributed by atoms with E-state index < -0.39 is 0 Å². The quantitative estimate of drug-likeness (QED) is 0.818. The molecule has 0 aliphatic heterocycles. The van der Waals surface area contributed by atoms with Crippen molar-refractivity contribution in [3.63, 3.8) is 0 Å². The highest BCUT2D eigenvalue weighted by Crippen LogP contribution is 2.41. The van der Waals surface area contributed by atoms with Gasteiger partial charge in [0.05, 0.1) is 0 Å². The molecular formula is C14H18FNO. The van der Waals surface area contributed by atoms with Crippen LogP contribution in [0.2, 0.25) is 0 Å². The van der Waals surface area contributed by atoms with Crippen LogP contribution in [0, 0.1) is 12.7 Å². The number of hydrogen-bond acceptors (Lipinski definition) is 2. The van der Waals surface area contributed by atoms with Gasteiger partial charge in [-0.1, -0.05) is 12.8 Å². The molecule has 92 valence electrons. The van der Waals surface area contributed by atoms with Gasteiger partial charge in [0.25, 0.3) is 0 Å². The normalized spacial score (nSPS) is 18.3. The van der Waals surface area contributed by atoms with Crippen molar-refractivity contribution in [1.82, 2.24) is 0 Å². The first kappa shape index (κ1) is 12.2. The topological polar surface area (TPSA) is 43.1 Å². The molecule has 0 amide bonds. The van der Waals surface area contributed by atoms with Crippen LogP contribution in [0.5, 0.6) is 0 Å². The highest BCUT2D eigenvalue weighted by atomic mass is 19.1. The average molecular weight is 235 g/mol. The van der Waals surface area contributed by atoms with Gasteiger partial charge in [-0.2, -0.15) is 0 Å². The Balaban J connectivity index is 2.56. The number of halogens is 1. The monoisotopic (exact) mass is 235 g/mol. The Bertz CT molecular complexity index is 436. The maximum Gasteiger partial charge on any atom is 0.150 e. The first-order valence-electron chi connectivity index (χ1n) is 6.09. The van der Waals surface area contributed by atoms with Gasteiger partial charge in [-0.05, 0) is 43.0 Å². The largest absolute Gasteiger partial charge is 0.330 e. The summed E-state index contributed by atoms with van der Waals surface area (Å²) in [5, 5.41) is 0. The Labute approximate surface area is 101 Å². The zero-order chi connectivity index (χ0) is 12.5. The number of carbonyl (C=O) groups is 1. The first-order valence-corrected chi connectivity index (χ1v) is 6.09. The second-order valence-electron chi connectivity index (χ2n) is 5.00. The second kappa shape index (κ2) is 4.57. The van der Waals surface area contributed by atoms with Gasteiger partial charge >= 0.3 is 0 Å². The van der Waals surface area contributed by atoms with E-state index in [1.165, 1.54) is 6.07 Å². The fraction of sp³-hybridized carbons (Fsp3) is 0.500. The second-order valence-corrected chi connectivity index (χ2v) is 5.00. The minimum Gasteiger partial charge on any atom is -0.330 e. The van der Waals surface area contributed by atoms with Crippen LogP contribution in [0.4, 0.5) is 4.39 Å². The Morgan fingerprint density at radius 1 is 1.41 bits per heavy atom. The number of aldehydes is 1. The molecule has 1 aromatic rings. The molecule has 1 aliphatic rings. The lowest BCUT2D eigenvalue weighted by molar-refractivity contribution is 0.112. The number of hydrogen-bond donors (Lipinski definition) is 1. The summed E-state index contributed by atoms with van der Waals surface area (Å²) in [7, 11) is 0. The van der Waals surface area contributed by atoms with E-state index in [9.17, 15) is 9.18 Å². The van der Waals surface area contributed by atoms with Crippen LogP contribution in [0.1, 0.15) is 47.2 Å². The molecule has 0 spiro atoms. The van der Waals surface area contributed by atoms with E-state index in [0.29, 0.717) is 17.7 Å². The van der Waals surface area contributed by atoms with Crippen LogP contribution in [0.3, 0.4) is 0 Å². The number of rotatable bonds is 3. The average Bonchev–Trinajstić information content (AvgIpc) is 2.82. The maximum atomic E-state index is 13.7. The van der Waals surface area contributed by atoms with Crippen LogP contribution in [-0.4, -0.2) is 12.8 Å². The van der Waals surface area contributed by atoms with E-state index in [-0.39, 0.29) is 11.2 Å². The maximum absolute atomic E-state index is 13.7. The van der Waals surface area contributed by atoms with E-state index in [0.717, 1.165) is 37.5 Å². The SMILES string of the molecule is Cc1cc(C=O)c(C2(CN)CCCC2)cc1F. The van der Waals surface area contributed by atoms with Crippen LogP contribution in [-0.2, 0) is 5.41 Å². The highest BCUT2D eigenvalue weighted by molar-refractivity contribution is 5.78. The molecule has 0 heterocycles. The molecule has 0 radical (unpaired) electrons. The molecule has 0 atom stereocenters. The molecule has 2 rings (SSSR count). The van der Waals surface area contributed by atoms with E-state index in [2.05, 4.69) is 0 Å². The molecule has 0 unspecified atom stereocenters. The standard InChI is InChI=1S/C14H18FNO/c1-10-6-11(8-17)12(7-13(10)15)14(9-16)4-2-3-5-14/h6-8H,2-5,9,16H2,1H3. The lowest BCUT2D eigenvalue weighted by Gasteiger charge is -2.29. The summed E-state index contributed by atoms with van der Waals surface area (Å²) in [6.07, 6.45) is 4.92. The van der Waals surface area contributed by atoms with Crippen LogP contribution < -0.4 is 5.73 Å². The van der Waals surface area contributed by atoms with Gasteiger partial charge in [0.15, 0.2) is 0 Å². The summed E-state index contributed by atoms with van der Waals surface area (Å²) in [4.78, 5) is 11.1. The van der Waals surface area contributed by atoms with Crippen molar-refractivity contribution in [2.75, 3.05) is 6.54 Å². The van der Waals surface area contributed by atoms with Gasteiger partial charge in [0.2, 0.25) is 0 Å². The minimum absolute atomic E-state index is 0.190. The third kappa shape index (κ3) is 2.00. The lowest BCUT2D eigenvalue weighted by atomic mass is 9.76. The Kier molecular flexibility index (Phi) is 3.29.